The van der Waals surface area contributed by atoms with E-state index in [-0.39, 0.29) is 11.5 Å². The van der Waals surface area contributed by atoms with Crippen molar-refractivity contribution in [3.63, 3.8) is 0 Å². The minimum absolute atomic E-state index is 0.200. The lowest BCUT2D eigenvalue weighted by molar-refractivity contribution is 0.0949. The standard InChI is InChI=1S/C18H18FN3O2/c1-24-17-8-7-13(19)11-14(17)18(23)20-9-4-10-22-12-21-15-5-2-3-6-16(15)22/h2-3,5-8,11-12H,4,9-10H2,1H3,(H,20,23). The summed E-state index contributed by atoms with van der Waals surface area (Å²) < 4.78 is 20.5. The second kappa shape index (κ2) is 7.12. The third-order valence-electron chi connectivity index (χ3n) is 3.79. The molecule has 5 nitrogen and oxygen atoms in total. The highest BCUT2D eigenvalue weighted by Gasteiger charge is 2.12. The summed E-state index contributed by atoms with van der Waals surface area (Å²) >= 11 is 0. The summed E-state index contributed by atoms with van der Waals surface area (Å²) in [6.07, 6.45) is 2.53. The molecule has 124 valence electrons. The molecule has 0 aliphatic heterocycles. The molecule has 0 aliphatic rings. The average molecular weight is 327 g/mol. The number of halogens is 1. The van der Waals surface area contributed by atoms with Crippen LogP contribution in [0.4, 0.5) is 4.39 Å². The van der Waals surface area contributed by atoms with Crippen LogP contribution in [0.5, 0.6) is 5.75 Å². The third-order valence-corrected chi connectivity index (χ3v) is 3.79. The normalized spacial score (nSPS) is 10.8. The second-order valence-corrected chi connectivity index (χ2v) is 5.38. The predicted molar refractivity (Wildman–Crippen MR) is 89.6 cm³/mol. The Kier molecular flexibility index (Phi) is 4.74. The predicted octanol–water partition coefficient (Wildman–Crippen LogP) is 3.00. The quantitative estimate of drug-likeness (QED) is 0.708. The van der Waals surface area contributed by atoms with Crippen molar-refractivity contribution in [3.05, 3.63) is 60.2 Å². The lowest BCUT2D eigenvalue weighted by atomic mass is 10.2. The van der Waals surface area contributed by atoms with E-state index in [2.05, 4.69) is 10.3 Å². The number of para-hydroxylation sites is 2. The van der Waals surface area contributed by atoms with Crippen LogP contribution in [-0.4, -0.2) is 29.1 Å². The maximum absolute atomic E-state index is 13.3. The maximum Gasteiger partial charge on any atom is 0.255 e. The number of aryl methyl sites for hydroxylation is 1. The van der Waals surface area contributed by atoms with E-state index in [1.54, 1.807) is 6.33 Å². The third kappa shape index (κ3) is 3.37. The van der Waals surface area contributed by atoms with Crippen LogP contribution < -0.4 is 10.1 Å². The number of carbonyl (C=O) groups is 1. The molecule has 3 aromatic rings. The number of nitrogens with zero attached hydrogens (tertiary/aromatic N) is 2. The van der Waals surface area contributed by atoms with E-state index >= 15 is 0 Å². The lowest BCUT2D eigenvalue weighted by Gasteiger charge is -2.10. The number of nitrogens with one attached hydrogen (secondary N) is 1. The Morgan fingerprint density at radius 3 is 2.96 bits per heavy atom. The lowest BCUT2D eigenvalue weighted by Crippen LogP contribution is -2.25. The molecule has 0 fully saturated rings. The first kappa shape index (κ1) is 16.0. The van der Waals surface area contributed by atoms with Gasteiger partial charge in [-0.05, 0) is 36.8 Å². The van der Waals surface area contributed by atoms with Gasteiger partial charge in [-0.25, -0.2) is 9.37 Å². The Balaban J connectivity index is 1.57. The molecule has 2 aromatic carbocycles. The molecule has 1 amide bonds. The molecule has 0 bridgehead atoms. The first-order valence-electron chi connectivity index (χ1n) is 7.70. The van der Waals surface area contributed by atoms with Crippen molar-refractivity contribution in [2.45, 2.75) is 13.0 Å². The zero-order chi connectivity index (χ0) is 16.9. The van der Waals surface area contributed by atoms with Gasteiger partial charge in [-0.3, -0.25) is 4.79 Å². The molecular formula is C18H18FN3O2. The number of hydrogen-bond acceptors (Lipinski definition) is 3. The fraction of sp³-hybridized carbons (Fsp3) is 0.222. The van der Waals surface area contributed by atoms with E-state index in [4.69, 9.17) is 4.74 Å². The summed E-state index contributed by atoms with van der Waals surface area (Å²) in [5.41, 5.74) is 2.22. The second-order valence-electron chi connectivity index (χ2n) is 5.38. The van der Waals surface area contributed by atoms with Gasteiger partial charge in [-0.2, -0.15) is 0 Å². The molecule has 0 saturated carbocycles. The van der Waals surface area contributed by atoms with Crippen LogP contribution in [0.25, 0.3) is 11.0 Å². The molecule has 0 saturated heterocycles. The molecule has 3 rings (SSSR count). The van der Waals surface area contributed by atoms with Gasteiger partial charge in [0.15, 0.2) is 0 Å². The number of benzene rings is 2. The first-order chi connectivity index (χ1) is 11.7. The topological polar surface area (TPSA) is 56.1 Å². The van der Waals surface area contributed by atoms with E-state index in [1.165, 1.54) is 25.3 Å². The Bertz CT molecular complexity index is 860. The molecule has 0 radical (unpaired) electrons. The van der Waals surface area contributed by atoms with Crippen LogP contribution in [0.15, 0.2) is 48.8 Å². The summed E-state index contributed by atoms with van der Waals surface area (Å²) in [7, 11) is 1.45. The molecule has 1 aromatic heterocycles. The monoisotopic (exact) mass is 327 g/mol. The van der Waals surface area contributed by atoms with Crippen molar-refractivity contribution >= 4 is 16.9 Å². The van der Waals surface area contributed by atoms with Crippen LogP contribution in [0.2, 0.25) is 0 Å². The molecule has 0 unspecified atom stereocenters. The largest absolute Gasteiger partial charge is 0.496 e. The molecule has 0 atom stereocenters. The summed E-state index contributed by atoms with van der Waals surface area (Å²) in [4.78, 5) is 16.5. The van der Waals surface area contributed by atoms with Gasteiger partial charge in [0.25, 0.3) is 5.91 Å². The van der Waals surface area contributed by atoms with E-state index in [0.717, 1.165) is 24.0 Å². The average Bonchev–Trinajstić information content (AvgIpc) is 3.01. The van der Waals surface area contributed by atoms with Crippen molar-refractivity contribution in [1.82, 2.24) is 14.9 Å². The van der Waals surface area contributed by atoms with Gasteiger partial charge in [-0.1, -0.05) is 12.1 Å². The minimum atomic E-state index is -0.467. The van der Waals surface area contributed by atoms with E-state index < -0.39 is 5.82 Å². The minimum Gasteiger partial charge on any atom is -0.496 e. The Morgan fingerprint density at radius 2 is 2.12 bits per heavy atom. The molecule has 24 heavy (non-hydrogen) atoms. The van der Waals surface area contributed by atoms with Gasteiger partial charge in [0.05, 0.1) is 30.0 Å². The first-order valence-corrected chi connectivity index (χ1v) is 7.70. The number of imidazole rings is 1. The van der Waals surface area contributed by atoms with Crippen molar-refractivity contribution in [1.29, 1.82) is 0 Å². The molecule has 6 heteroatoms. The molecule has 0 aliphatic carbocycles. The van der Waals surface area contributed by atoms with Crippen LogP contribution in [0.3, 0.4) is 0 Å². The Hall–Kier alpha value is -2.89. The number of hydrogen-bond donors (Lipinski definition) is 1. The van der Waals surface area contributed by atoms with Crippen molar-refractivity contribution in [2.75, 3.05) is 13.7 Å². The molecular weight excluding hydrogens is 309 g/mol. The number of carbonyl (C=O) groups excluding carboxylic acids is 1. The number of ether oxygens (including phenoxy) is 1. The van der Waals surface area contributed by atoms with Crippen LogP contribution in [0.1, 0.15) is 16.8 Å². The summed E-state index contributed by atoms with van der Waals surface area (Å²) in [6.45, 7) is 1.21. The van der Waals surface area contributed by atoms with Crippen LogP contribution >= 0.6 is 0 Å². The number of amides is 1. The van der Waals surface area contributed by atoms with Gasteiger partial charge in [0.1, 0.15) is 11.6 Å². The zero-order valence-electron chi connectivity index (χ0n) is 13.3. The van der Waals surface area contributed by atoms with Crippen molar-refractivity contribution in [2.24, 2.45) is 0 Å². The van der Waals surface area contributed by atoms with Crippen LogP contribution in [0, 0.1) is 5.82 Å². The highest BCUT2D eigenvalue weighted by atomic mass is 19.1. The van der Waals surface area contributed by atoms with Gasteiger partial charge in [-0.15, -0.1) is 0 Å². The summed E-state index contributed by atoms with van der Waals surface area (Å²) in [5.74, 6) is -0.456. The summed E-state index contributed by atoms with van der Waals surface area (Å²) in [6, 6.07) is 11.8. The Morgan fingerprint density at radius 1 is 1.29 bits per heavy atom. The van der Waals surface area contributed by atoms with Gasteiger partial charge < -0.3 is 14.6 Å². The SMILES string of the molecule is COc1ccc(F)cc1C(=O)NCCCn1cnc2ccccc21. The van der Waals surface area contributed by atoms with Crippen molar-refractivity contribution < 1.29 is 13.9 Å². The van der Waals surface area contributed by atoms with Gasteiger partial charge in [0.2, 0.25) is 0 Å². The van der Waals surface area contributed by atoms with E-state index in [1.807, 2.05) is 28.8 Å². The number of methoxy groups -OCH3 is 1. The highest BCUT2D eigenvalue weighted by Crippen LogP contribution is 2.19. The Labute approximate surface area is 139 Å². The fourth-order valence-corrected chi connectivity index (χ4v) is 2.59. The number of fused-ring (bicyclic) bond motifs is 1. The number of rotatable bonds is 6. The van der Waals surface area contributed by atoms with E-state index in [9.17, 15) is 9.18 Å². The molecule has 0 spiro atoms. The van der Waals surface area contributed by atoms with Crippen molar-refractivity contribution in [3.8, 4) is 5.75 Å². The smallest absolute Gasteiger partial charge is 0.255 e. The number of aromatic nitrogens is 2. The van der Waals surface area contributed by atoms with E-state index in [0.29, 0.717) is 12.3 Å². The zero-order valence-corrected chi connectivity index (χ0v) is 13.3. The molecule has 1 heterocycles. The highest BCUT2D eigenvalue weighted by molar-refractivity contribution is 5.96. The van der Waals surface area contributed by atoms with Crippen LogP contribution in [-0.2, 0) is 6.54 Å². The van der Waals surface area contributed by atoms with Gasteiger partial charge >= 0.3 is 0 Å². The summed E-state index contributed by atoms with van der Waals surface area (Å²) in [5, 5.41) is 2.79. The van der Waals surface area contributed by atoms with Gasteiger partial charge in [0, 0.05) is 13.1 Å². The molecule has 1 N–H and O–H groups in total. The maximum atomic E-state index is 13.3. The fourth-order valence-electron chi connectivity index (χ4n) is 2.59.